The number of anilines is 1. The standard InChI is InChI=1S/C13H8Cl2N4O/c14-8-3-4-10-11(6-8)18-13(12(15)17-10)19-16-7-9-2-1-5-20-9/h1-7H,(H,18,19)/b16-7+. The summed E-state index contributed by atoms with van der Waals surface area (Å²) in [6, 6.07) is 8.75. The van der Waals surface area contributed by atoms with Crippen LogP contribution in [0.15, 0.2) is 46.1 Å². The molecule has 0 radical (unpaired) electrons. The van der Waals surface area contributed by atoms with Crippen molar-refractivity contribution < 1.29 is 4.42 Å². The van der Waals surface area contributed by atoms with E-state index in [4.69, 9.17) is 27.6 Å². The molecule has 0 bridgehead atoms. The molecule has 0 spiro atoms. The predicted octanol–water partition coefficient (Wildman–Crippen LogP) is 3.98. The van der Waals surface area contributed by atoms with Gasteiger partial charge in [0.25, 0.3) is 0 Å². The molecule has 0 atom stereocenters. The summed E-state index contributed by atoms with van der Waals surface area (Å²) in [5.41, 5.74) is 4.03. The molecule has 100 valence electrons. The Balaban J connectivity index is 1.89. The van der Waals surface area contributed by atoms with Crippen molar-refractivity contribution in [3.63, 3.8) is 0 Å². The molecule has 20 heavy (non-hydrogen) atoms. The number of hydrogen-bond donors (Lipinski definition) is 1. The van der Waals surface area contributed by atoms with Crippen LogP contribution in [0.5, 0.6) is 0 Å². The van der Waals surface area contributed by atoms with Crippen LogP contribution in [0.3, 0.4) is 0 Å². The highest BCUT2D eigenvalue weighted by atomic mass is 35.5. The monoisotopic (exact) mass is 306 g/mol. The van der Waals surface area contributed by atoms with Gasteiger partial charge >= 0.3 is 0 Å². The van der Waals surface area contributed by atoms with Crippen molar-refractivity contribution in [2.75, 3.05) is 5.43 Å². The highest BCUT2D eigenvalue weighted by Crippen LogP contribution is 2.23. The van der Waals surface area contributed by atoms with Crippen LogP contribution in [-0.2, 0) is 0 Å². The molecule has 3 rings (SSSR count). The second kappa shape index (κ2) is 5.48. The van der Waals surface area contributed by atoms with E-state index >= 15 is 0 Å². The topological polar surface area (TPSA) is 63.3 Å². The molecule has 1 N–H and O–H groups in total. The molecule has 0 aliphatic rings. The lowest BCUT2D eigenvalue weighted by molar-refractivity contribution is 0.560. The number of hydrazone groups is 1. The number of nitrogens with zero attached hydrogens (tertiary/aromatic N) is 3. The average Bonchev–Trinajstić information content (AvgIpc) is 2.93. The highest BCUT2D eigenvalue weighted by Gasteiger charge is 2.06. The third-order valence-corrected chi connectivity index (χ3v) is 2.99. The maximum absolute atomic E-state index is 6.04. The number of halogens is 2. The fourth-order valence-electron chi connectivity index (χ4n) is 1.60. The molecular formula is C13H8Cl2N4O. The van der Waals surface area contributed by atoms with E-state index in [1.54, 1.807) is 36.6 Å². The number of hydrogen-bond acceptors (Lipinski definition) is 5. The van der Waals surface area contributed by atoms with E-state index in [1.807, 2.05) is 0 Å². The maximum Gasteiger partial charge on any atom is 0.185 e. The molecule has 0 aliphatic heterocycles. The minimum atomic E-state index is 0.233. The third-order valence-electron chi connectivity index (χ3n) is 2.49. The molecule has 0 fully saturated rings. The van der Waals surface area contributed by atoms with Gasteiger partial charge in [0.05, 0.1) is 23.5 Å². The molecule has 0 saturated carbocycles. The van der Waals surface area contributed by atoms with E-state index in [-0.39, 0.29) is 5.15 Å². The Morgan fingerprint density at radius 2 is 2.05 bits per heavy atom. The molecule has 0 saturated heterocycles. The summed E-state index contributed by atoms with van der Waals surface area (Å²) < 4.78 is 5.11. The Morgan fingerprint density at radius 3 is 2.85 bits per heavy atom. The number of rotatable bonds is 3. The van der Waals surface area contributed by atoms with Crippen molar-refractivity contribution in [1.29, 1.82) is 0 Å². The highest BCUT2D eigenvalue weighted by molar-refractivity contribution is 6.32. The summed E-state index contributed by atoms with van der Waals surface area (Å²) in [4.78, 5) is 8.54. The second-order valence-corrected chi connectivity index (χ2v) is 4.68. The van der Waals surface area contributed by atoms with Crippen molar-refractivity contribution in [1.82, 2.24) is 9.97 Å². The van der Waals surface area contributed by atoms with Crippen LogP contribution in [0.25, 0.3) is 11.0 Å². The summed E-state index contributed by atoms with van der Waals surface area (Å²) in [6.07, 6.45) is 3.08. The number of aromatic nitrogens is 2. The molecule has 5 nitrogen and oxygen atoms in total. The van der Waals surface area contributed by atoms with Gasteiger partial charge < -0.3 is 4.42 Å². The van der Waals surface area contributed by atoms with Gasteiger partial charge in [-0.15, -0.1) is 0 Å². The zero-order valence-electron chi connectivity index (χ0n) is 10.0. The van der Waals surface area contributed by atoms with Gasteiger partial charge in [-0.05, 0) is 30.3 Å². The average molecular weight is 307 g/mol. The molecule has 7 heteroatoms. The first-order valence-corrected chi connectivity index (χ1v) is 6.43. The fraction of sp³-hybridized carbons (Fsp3) is 0. The lowest BCUT2D eigenvalue weighted by atomic mass is 10.3. The Labute approximate surface area is 124 Å². The predicted molar refractivity (Wildman–Crippen MR) is 79.5 cm³/mol. The molecule has 3 aromatic rings. The van der Waals surface area contributed by atoms with Gasteiger partial charge in [0, 0.05) is 5.02 Å². The van der Waals surface area contributed by atoms with E-state index in [2.05, 4.69) is 20.5 Å². The van der Waals surface area contributed by atoms with E-state index < -0.39 is 0 Å². The summed E-state index contributed by atoms with van der Waals surface area (Å²) >= 11 is 12.0. The van der Waals surface area contributed by atoms with Gasteiger partial charge in [0.15, 0.2) is 11.0 Å². The largest absolute Gasteiger partial charge is 0.463 e. The first-order valence-electron chi connectivity index (χ1n) is 5.68. The number of benzene rings is 1. The number of fused-ring (bicyclic) bond motifs is 1. The summed E-state index contributed by atoms with van der Waals surface area (Å²) in [5.74, 6) is 0.967. The quantitative estimate of drug-likeness (QED) is 0.587. The molecule has 2 heterocycles. The van der Waals surface area contributed by atoms with E-state index in [9.17, 15) is 0 Å². The molecule has 0 amide bonds. The Kier molecular flexibility index (Phi) is 3.54. The summed E-state index contributed by atoms with van der Waals surface area (Å²) in [6.45, 7) is 0. The molecular weight excluding hydrogens is 299 g/mol. The zero-order chi connectivity index (χ0) is 13.9. The van der Waals surface area contributed by atoms with Crippen molar-refractivity contribution >= 4 is 46.3 Å². The summed E-state index contributed by atoms with van der Waals surface area (Å²) in [5, 5.41) is 4.80. The SMILES string of the molecule is Clc1ccc2nc(Cl)c(N/N=C/c3ccco3)nc2c1. The van der Waals surface area contributed by atoms with Gasteiger partial charge in [0.1, 0.15) is 5.76 Å². The molecule has 0 aliphatic carbocycles. The van der Waals surface area contributed by atoms with Crippen LogP contribution in [-0.4, -0.2) is 16.2 Å². The maximum atomic E-state index is 6.04. The minimum Gasteiger partial charge on any atom is -0.463 e. The normalized spacial score (nSPS) is 11.3. The van der Waals surface area contributed by atoms with Gasteiger partial charge in [0.2, 0.25) is 0 Å². The van der Waals surface area contributed by atoms with Gasteiger partial charge in [-0.3, -0.25) is 5.43 Å². The fourth-order valence-corrected chi connectivity index (χ4v) is 1.94. The van der Waals surface area contributed by atoms with Gasteiger partial charge in [-0.25, -0.2) is 9.97 Å². The lowest BCUT2D eigenvalue weighted by Gasteiger charge is -2.04. The molecule has 2 aromatic heterocycles. The van der Waals surface area contributed by atoms with E-state index in [0.29, 0.717) is 27.6 Å². The molecule has 0 unspecified atom stereocenters. The van der Waals surface area contributed by atoms with E-state index in [0.717, 1.165) is 0 Å². The minimum absolute atomic E-state index is 0.233. The Bertz CT molecular complexity index is 771. The molecule has 1 aromatic carbocycles. The van der Waals surface area contributed by atoms with Crippen molar-refractivity contribution in [2.45, 2.75) is 0 Å². The van der Waals surface area contributed by atoms with Gasteiger partial charge in [-0.1, -0.05) is 23.2 Å². The lowest BCUT2D eigenvalue weighted by Crippen LogP contribution is -1.97. The Hall–Kier alpha value is -2.11. The van der Waals surface area contributed by atoms with Crippen LogP contribution >= 0.6 is 23.2 Å². The second-order valence-electron chi connectivity index (χ2n) is 3.88. The first kappa shape index (κ1) is 12.9. The van der Waals surface area contributed by atoms with E-state index in [1.165, 1.54) is 6.21 Å². The van der Waals surface area contributed by atoms with Crippen LogP contribution in [0.4, 0.5) is 5.82 Å². The zero-order valence-corrected chi connectivity index (χ0v) is 11.6. The van der Waals surface area contributed by atoms with Crippen molar-refractivity contribution in [3.05, 3.63) is 52.5 Å². The smallest absolute Gasteiger partial charge is 0.185 e. The first-order chi connectivity index (χ1) is 9.72. The van der Waals surface area contributed by atoms with Gasteiger partial charge in [-0.2, -0.15) is 5.10 Å². The van der Waals surface area contributed by atoms with Crippen LogP contribution in [0.1, 0.15) is 5.76 Å². The van der Waals surface area contributed by atoms with Crippen molar-refractivity contribution in [3.8, 4) is 0 Å². The van der Waals surface area contributed by atoms with Crippen LogP contribution in [0.2, 0.25) is 10.2 Å². The van der Waals surface area contributed by atoms with Crippen LogP contribution < -0.4 is 5.43 Å². The Morgan fingerprint density at radius 1 is 1.15 bits per heavy atom. The third kappa shape index (κ3) is 2.74. The number of nitrogens with one attached hydrogen (secondary N) is 1. The van der Waals surface area contributed by atoms with Crippen molar-refractivity contribution in [2.24, 2.45) is 5.10 Å². The summed E-state index contributed by atoms with van der Waals surface area (Å²) in [7, 11) is 0. The van der Waals surface area contributed by atoms with Crippen LogP contribution in [0, 0.1) is 0 Å². The number of furan rings is 1.